The van der Waals surface area contributed by atoms with E-state index in [9.17, 15) is 5.11 Å². The van der Waals surface area contributed by atoms with Crippen LogP contribution in [0.15, 0.2) is 72.8 Å². The Hall–Kier alpha value is -1.75. The van der Waals surface area contributed by atoms with Gasteiger partial charge in [0.05, 0.1) is 29.4 Å². The zero-order valence-corrected chi connectivity index (χ0v) is 18.7. The van der Waals surface area contributed by atoms with Crippen LogP contribution in [-0.2, 0) is 0 Å². The Morgan fingerprint density at radius 2 is 1.57 bits per heavy atom. The van der Waals surface area contributed by atoms with Crippen molar-refractivity contribution in [1.82, 2.24) is 4.90 Å². The number of aliphatic hydroxyl groups excluding tert-OH is 1. The molecule has 2 atom stereocenters. The number of hydrogen-bond acceptors (Lipinski definition) is 3. The molecule has 4 rings (SSSR count). The highest BCUT2D eigenvalue weighted by Crippen LogP contribution is 2.38. The number of nitrogens with zero attached hydrogens (tertiary/aromatic N) is 2. The Bertz CT molecular complexity index is 982. The molecule has 0 saturated carbocycles. The third kappa shape index (κ3) is 4.61. The molecule has 30 heavy (non-hydrogen) atoms. The Kier molecular flexibility index (Phi) is 6.87. The maximum atomic E-state index is 10.2. The second-order valence-corrected chi connectivity index (χ2v) is 8.74. The van der Waals surface area contributed by atoms with Crippen molar-refractivity contribution in [3.05, 3.63) is 99.0 Å². The minimum atomic E-state index is -0.0520. The second kappa shape index (κ2) is 9.59. The molecule has 0 bridgehead atoms. The molecule has 3 aromatic rings. The number of aliphatic hydroxyl groups is 1. The third-order valence-electron chi connectivity index (χ3n) is 5.68. The van der Waals surface area contributed by atoms with Crippen molar-refractivity contribution in [2.45, 2.75) is 12.1 Å². The number of benzene rings is 3. The van der Waals surface area contributed by atoms with Crippen LogP contribution in [0.1, 0.15) is 23.2 Å². The normalized spacial score (nSPS) is 18.4. The average Bonchev–Trinajstić information content (AvgIpc) is 2.76. The minimum Gasteiger partial charge on any atom is -0.394 e. The van der Waals surface area contributed by atoms with E-state index < -0.39 is 0 Å². The summed E-state index contributed by atoms with van der Waals surface area (Å²) < 4.78 is 0. The van der Waals surface area contributed by atoms with Crippen molar-refractivity contribution >= 4 is 40.5 Å². The second-order valence-electron chi connectivity index (χ2n) is 7.46. The highest BCUT2D eigenvalue weighted by Gasteiger charge is 2.33. The molecule has 0 aliphatic carbocycles. The van der Waals surface area contributed by atoms with Gasteiger partial charge < -0.3 is 10.0 Å². The molecule has 156 valence electrons. The fourth-order valence-corrected chi connectivity index (χ4v) is 4.81. The van der Waals surface area contributed by atoms with Crippen LogP contribution in [-0.4, -0.2) is 36.2 Å². The van der Waals surface area contributed by atoms with E-state index in [4.69, 9.17) is 34.8 Å². The van der Waals surface area contributed by atoms with Crippen LogP contribution in [0.2, 0.25) is 15.1 Å². The molecule has 1 unspecified atom stereocenters. The SMILES string of the molecule is OC[C@@H](c1ccccc1)N1CCN(c2ccc(Cl)cc2Cl)C(c2ccc(Cl)cc2)C1. The lowest BCUT2D eigenvalue weighted by Gasteiger charge is -2.46. The van der Waals surface area contributed by atoms with E-state index in [1.165, 1.54) is 0 Å². The minimum absolute atomic E-state index is 0.0520. The van der Waals surface area contributed by atoms with Crippen LogP contribution >= 0.6 is 34.8 Å². The van der Waals surface area contributed by atoms with Crippen molar-refractivity contribution in [3.63, 3.8) is 0 Å². The van der Waals surface area contributed by atoms with Gasteiger partial charge in [0.2, 0.25) is 0 Å². The Balaban J connectivity index is 1.68. The topological polar surface area (TPSA) is 26.7 Å². The van der Waals surface area contributed by atoms with Gasteiger partial charge in [0, 0.05) is 29.7 Å². The summed E-state index contributed by atoms with van der Waals surface area (Å²) in [7, 11) is 0. The van der Waals surface area contributed by atoms with Crippen LogP contribution in [0, 0.1) is 0 Å². The maximum Gasteiger partial charge on any atom is 0.0670 e. The molecule has 1 aliphatic rings. The van der Waals surface area contributed by atoms with Gasteiger partial charge in [0.15, 0.2) is 0 Å². The van der Waals surface area contributed by atoms with Gasteiger partial charge in [-0.05, 0) is 41.5 Å². The molecular formula is C24H23Cl3N2O. The van der Waals surface area contributed by atoms with Crippen molar-refractivity contribution in [2.75, 3.05) is 31.1 Å². The predicted molar refractivity (Wildman–Crippen MR) is 126 cm³/mol. The van der Waals surface area contributed by atoms with Crippen LogP contribution < -0.4 is 4.90 Å². The van der Waals surface area contributed by atoms with Crippen molar-refractivity contribution in [3.8, 4) is 0 Å². The first-order valence-corrected chi connectivity index (χ1v) is 11.1. The Morgan fingerprint density at radius 3 is 2.23 bits per heavy atom. The van der Waals surface area contributed by atoms with E-state index in [1.807, 2.05) is 42.5 Å². The summed E-state index contributed by atoms with van der Waals surface area (Å²) in [4.78, 5) is 4.66. The van der Waals surface area contributed by atoms with E-state index in [0.717, 1.165) is 36.4 Å². The van der Waals surface area contributed by atoms with E-state index in [0.29, 0.717) is 15.1 Å². The van der Waals surface area contributed by atoms with Gasteiger partial charge in [0.1, 0.15) is 0 Å². The molecule has 3 nitrogen and oxygen atoms in total. The van der Waals surface area contributed by atoms with Gasteiger partial charge in [0.25, 0.3) is 0 Å². The van der Waals surface area contributed by atoms with Crippen molar-refractivity contribution < 1.29 is 5.11 Å². The van der Waals surface area contributed by atoms with E-state index >= 15 is 0 Å². The third-order valence-corrected chi connectivity index (χ3v) is 6.47. The van der Waals surface area contributed by atoms with Crippen LogP contribution in [0.5, 0.6) is 0 Å². The standard InChI is InChI=1S/C24H23Cl3N2O/c25-19-8-6-18(7-9-19)23-15-28(24(16-30)17-4-2-1-3-5-17)12-13-29(23)22-11-10-20(26)14-21(22)27/h1-11,14,23-24,30H,12-13,15-16H2/t23?,24-/m0/s1. The highest BCUT2D eigenvalue weighted by molar-refractivity contribution is 6.36. The summed E-state index contributed by atoms with van der Waals surface area (Å²) in [6, 6.07) is 23.7. The molecule has 0 aromatic heterocycles. The fraction of sp³-hybridized carbons (Fsp3) is 0.250. The summed E-state index contributed by atoms with van der Waals surface area (Å²) in [6.45, 7) is 2.40. The summed E-state index contributed by atoms with van der Waals surface area (Å²) in [6.07, 6.45) is 0. The Morgan fingerprint density at radius 1 is 0.867 bits per heavy atom. The first-order chi connectivity index (χ1) is 14.6. The first-order valence-electron chi connectivity index (χ1n) is 9.94. The maximum absolute atomic E-state index is 10.2. The van der Waals surface area contributed by atoms with Gasteiger partial charge in [-0.25, -0.2) is 0 Å². The van der Waals surface area contributed by atoms with Gasteiger partial charge in [-0.2, -0.15) is 0 Å². The summed E-state index contributed by atoms with van der Waals surface area (Å²) in [5.41, 5.74) is 3.23. The molecule has 6 heteroatoms. The first kappa shape index (κ1) is 21.5. The zero-order chi connectivity index (χ0) is 21.1. The van der Waals surface area contributed by atoms with Gasteiger partial charge in [-0.3, -0.25) is 4.90 Å². The van der Waals surface area contributed by atoms with Crippen LogP contribution in [0.3, 0.4) is 0 Å². The summed E-state index contributed by atoms with van der Waals surface area (Å²) in [5.74, 6) is 0. The average molecular weight is 462 g/mol. The molecule has 1 saturated heterocycles. The lowest BCUT2D eigenvalue weighted by atomic mass is 9.98. The summed E-state index contributed by atoms with van der Waals surface area (Å²) in [5, 5.41) is 12.1. The molecule has 0 amide bonds. The molecule has 0 radical (unpaired) electrons. The monoisotopic (exact) mass is 460 g/mol. The molecule has 3 aromatic carbocycles. The van der Waals surface area contributed by atoms with E-state index in [-0.39, 0.29) is 18.7 Å². The zero-order valence-electron chi connectivity index (χ0n) is 16.4. The quantitative estimate of drug-likeness (QED) is 0.487. The largest absolute Gasteiger partial charge is 0.394 e. The summed E-state index contributed by atoms with van der Waals surface area (Å²) >= 11 is 18.8. The Labute approximate surface area is 192 Å². The fourth-order valence-electron chi connectivity index (χ4n) is 4.17. The van der Waals surface area contributed by atoms with Gasteiger partial charge in [-0.1, -0.05) is 77.3 Å². The lowest BCUT2D eigenvalue weighted by molar-refractivity contribution is 0.103. The van der Waals surface area contributed by atoms with E-state index in [2.05, 4.69) is 34.1 Å². The highest BCUT2D eigenvalue weighted by atomic mass is 35.5. The number of hydrogen-bond donors (Lipinski definition) is 1. The molecule has 0 spiro atoms. The smallest absolute Gasteiger partial charge is 0.0670 e. The van der Waals surface area contributed by atoms with Crippen molar-refractivity contribution in [2.24, 2.45) is 0 Å². The number of rotatable bonds is 5. The molecule has 1 heterocycles. The van der Waals surface area contributed by atoms with Crippen LogP contribution in [0.25, 0.3) is 0 Å². The molecule has 1 fully saturated rings. The van der Waals surface area contributed by atoms with E-state index in [1.54, 1.807) is 6.07 Å². The van der Waals surface area contributed by atoms with Crippen LogP contribution in [0.4, 0.5) is 5.69 Å². The number of anilines is 1. The van der Waals surface area contributed by atoms with Gasteiger partial charge >= 0.3 is 0 Å². The predicted octanol–water partition coefficient (Wildman–Crippen LogP) is 6.24. The lowest BCUT2D eigenvalue weighted by Crippen LogP contribution is -2.50. The molecular weight excluding hydrogens is 439 g/mol. The van der Waals surface area contributed by atoms with Gasteiger partial charge in [-0.15, -0.1) is 0 Å². The molecule has 1 N–H and O–H groups in total. The number of piperazine rings is 1. The molecule has 1 aliphatic heterocycles. The number of halogens is 3. The van der Waals surface area contributed by atoms with Crippen molar-refractivity contribution in [1.29, 1.82) is 0 Å².